The van der Waals surface area contributed by atoms with Crippen molar-refractivity contribution in [3.8, 4) is 11.3 Å². The molecule has 0 aliphatic carbocycles. The Morgan fingerprint density at radius 2 is 1.74 bits per heavy atom. The molecule has 0 unspecified atom stereocenters. The van der Waals surface area contributed by atoms with Gasteiger partial charge in [0.2, 0.25) is 0 Å². The summed E-state index contributed by atoms with van der Waals surface area (Å²) in [6.45, 7) is 8.81. The molecule has 0 fully saturated rings. The Bertz CT molecular complexity index is 898. The molecule has 118 valence electrons. The van der Waals surface area contributed by atoms with E-state index in [9.17, 15) is 4.79 Å². The zero-order chi connectivity index (χ0) is 16.6. The number of benzene rings is 1. The maximum atomic E-state index is 12.0. The van der Waals surface area contributed by atoms with Crippen LogP contribution in [0.15, 0.2) is 40.6 Å². The number of rotatable bonds is 3. The molecule has 0 N–H and O–H groups in total. The Hall–Kier alpha value is -2.20. The average molecular weight is 324 g/mol. The van der Waals surface area contributed by atoms with E-state index < -0.39 is 0 Å². The summed E-state index contributed by atoms with van der Waals surface area (Å²) in [7, 11) is 0. The number of nitrogens with zero attached hydrogens (tertiary/aromatic N) is 2. The van der Waals surface area contributed by atoms with Crippen LogP contribution in [0.1, 0.15) is 27.3 Å². The van der Waals surface area contributed by atoms with Crippen molar-refractivity contribution in [1.29, 1.82) is 0 Å². The van der Waals surface area contributed by atoms with Gasteiger partial charge in [-0.15, -0.1) is 11.3 Å². The van der Waals surface area contributed by atoms with Crippen LogP contribution in [0.5, 0.6) is 0 Å². The maximum absolute atomic E-state index is 12.0. The third-order valence-electron chi connectivity index (χ3n) is 3.94. The highest BCUT2D eigenvalue weighted by Crippen LogP contribution is 2.29. The third kappa shape index (κ3) is 3.27. The van der Waals surface area contributed by atoms with Crippen molar-refractivity contribution in [2.24, 2.45) is 0 Å². The molecule has 0 amide bonds. The van der Waals surface area contributed by atoms with E-state index in [0.717, 1.165) is 16.3 Å². The highest BCUT2D eigenvalue weighted by atomic mass is 32.1. The largest absolute Gasteiger partial charge is 0.309 e. The number of pyridine rings is 1. The molecule has 0 aliphatic rings. The Morgan fingerprint density at radius 1 is 1.04 bits per heavy atom. The van der Waals surface area contributed by atoms with Gasteiger partial charge in [0.1, 0.15) is 5.01 Å². The number of thiazole rings is 1. The second-order valence-corrected chi connectivity index (χ2v) is 7.01. The lowest BCUT2D eigenvalue weighted by atomic mass is 9.98. The summed E-state index contributed by atoms with van der Waals surface area (Å²) in [6, 6.07) is 7.98. The molecule has 0 atom stereocenters. The minimum Gasteiger partial charge on any atom is -0.309 e. The van der Waals surface area contributed by atoms with Gasteiger partial charge >= 0.3 is 0 Å². The summed E-state index contributed by atoms with van der Waals surface area (Å²) in [4.78, 5) is 16.8. The third-order valence-corrected chi connectivity index (χ3v) is 4.78. The molecule has 23 heavy (non-hydrogen) atoms. The SMILES string of the molecule is Cc1cc(C)c(-c2csc(Cn3ccc(C)cc3=O)n2)c(C)c1. The molecule has 0 aliphatic heterocycles. The van der Waals surface area contributed by atoms with Crippen molar-refractivity contribution in [3.63, 3.8) is 0 Å². The lowest BCUT2D eigenvalue weighted by Crippen LogP contribution is -2.19. The van der Waals surface area contributed by atoms with E-state index in [4.69, 9.17) is 4.98 Å². The van der Waals surface area contributed by atoms with E-state index in [1.165, 1.54) is 22.3 Å². The van der Waals surface area contributed by atoms with Gasteiger partial charge in [0, 0.05) is 23.2 Å². The molecular weight excluding hydrogens is 304 g/mol. The van der Waals surface area contributed by atoms with Crippen LogP contribution in [0, 0.1) is 27.7 Å². The summed E-state index contributed by atoms with van der Waals surface area (Å²) >= 11 is 1.60. The van der Waals surface area contributed by atoms with Crippen molar-refractivity contribution in [1.82, 2.24) is 9.55 Å². The number of hydrogen-bond donors (Lipinski definition) is 0. The van der Waals surface area contributed by atoms with Gasteiger partial charge in [-0.3, -0.25) is 4.79 Å². The molecule has 4 heteroatoms. The normalized spacial score (nSPS) is 11.0. The smallest absolute Gasteiger partial charge is 0.251 e. The molecule has 3 nitrogen and oxygen atoms in total. The lowest BCUT2D eigenvalue weighted by molar-refractivity contribution is 0.752. The Kier molecular flexibility index (Phi) is 4.18. The van der Waals surface area contributed by atoms with Crippen LogP contribution >= 0.6 is 11.3 Å². The lowest BCUT2D eigenvalue weighted by Gasteiger charge is -2.09. The molecule has 2 aromatic heterocycles. The first-order valence-electron chi connectivity index (χ1n) is 7.64. The fraction of sp³-hybridized carbons (Fsp3) is 0.263. The van der Waals surface area contributed by atoms with Crippen LogP contribution in [0.25, 0.3) is 11.3 Å². The zero-order valence-electron chi connectivity index (χ0n) is 13.9. The van der Waals surface area contributed by atoms with Crippen molar-refractivity contribution in [2.45, 2.75) is 34.2 Å². The van der Waals surface area contributed by atoms with E-state index in [1.54, 1.807) is 22.0 Å². The Morgan fingerprint density at radius 3 is 2.39 bits per heavy atom. The van der Waals surface area contributed by atoms with E-state index in [0.29, 0.717) is 6.54 Å². The van der Waals surface area contributed by atoms with Gasteiger partial charge in [0.25, 0.3) is 5.56 Å². The van der Waals surface area contributed by atoms with Gasteiger partial charge in [0.05, 0.1) is 12.2 Å². The van der Waals surface area contributed by atoms with Crippen LogP contribution in [0.2, 0.25) is 0 Å². The van der Waals surface area contributed by atoms with Gasteiger partial charge in [-0.05, 0) is 50.5 Å². The fourth-order valence-electron chi connectivity index (χ4n) is 2.97. The molecule has 3 rings (SSSR count). The topological polar surface area (TPSA) is 34.9 Å². The quantitative estimate of drug-likeness (QED) is 0.722. The van der Waals surface area contributed by atoms with Gasteiger partial charge in [-0.25, -0.2) is 4.98 Å². The highest BCUT2D eigenvalue weighted by molar-refractivity contribution is 7.09. The van der Waals surface area contributed by atoms with Gasteiger partial charge in [-0.2, -0.15) is 0 Å². The van der Waals surface area contributed by atoms with Gasteiger partial charge in [-0.1, -0.05) is 17.7 Å². The second-order valence-electron chi connectivity index (χ2n) is 6.07. The molecule has 3 aromatic rings. The number of hydrogen-bond acceptors (Lipinski definition) is 3. The molecule has 0 saturated heterocycles. The second kappa shape index (κ2) is 6.13. The van der Waals surface area contributed by atoms with Crippen molar-refractivity contribution >= 4 is 11.3 Å². The average Bonchev–Trinajstić information content (AvgIpc) is 2.89. The predicted molar refractivity (Wildman–Crippen MR) is 96.3 cm³/mol. The van der Waals surface area contributed by atoms with Crippen LogP contribution in [-0.2, 0) is 6.54 Å². The van der Waals surface area contributed by atoms with Crippen molar-refractivity contribution in [3.05, 3.63) is 73.5 Å². The van der Waals surface area contributed by atoms with E-state index in [2.05, 4.69) is 38.3 Å². The van der Waals surface area contributed by atoms with Crippen molar-refractivity contribution < 1.29 is 0 Å². The van der Waals surface area contributed by atoms with E-state index >= 15 is 0 Å². The van der Waals surface area contributed by atoms with Crippen molar-refractivity contribution in [2.75, 3.05) is 0 Å². The van der Waals surface area contributed by atoms with E-state index in [-0.39, 0.29) is 5.56 Å². The molecule has 0 radical (unpaired) electrons. The van der Waals surface area contributed by atoms with Gasteiger partial charge in [0.15, 0.2) is 0 Å². The monoisotopic (exact) mass is 324 g/mol. The van der Waals surface area contributed by atoms with E-state index in [1.807, 2.05) is 19.2 Å². The van der Waals surface area contributed by atoms with Crippen LogP contribution in [0.3, 0.4) is 0 Å². The summed E-state index contributed by atoms with van der Waals surface area (Å²) in [6.07, 6.45) is 1.83. The van der Waals surface area contributed by atoms with Crippen LogP contribution in [0.4, 0.5) is 0 Å². The van der Waals surface area contributed by atoms with Crippen LogP contribution in [-0.4, -0.2) is 9.55 Å². The molecule has 0 bridgehead atoms. The van der Waals surface area contributed by atoms with Gasteiger partial charge < -0.3 is 4.57 Å². The minimum absolute atomic E-state index is 0.0180. The first-order chi connectivity index (χ1) is 10.9. The zero-order valence-corrected chi connectivity index (χ0v) is 14.7. The summed E-state index contributed by atoms with van der Waals surface area (Å²) in [5, 5.41) is 3.03. The predicted octanol–water partition coefficient (Wildman–Crippen LogP) is 4.25. The molecule has 0 spiro atoms. The molecule has 2 heterocycles. The molecule has 1 aromatic carbocycles. The number of aryl methyl sites for hydroxylation is 4. The Labute approximate surface area is 140 Å². The maximum Gasteiger partial charge on any atom is 0.251 e. The molecule has 0 saturated carbocycles. The first kappa shape index (κ1) is 15.7. The molecular formula is C19H20N2OS. The standard InChI is InChI=1S/C19H20N2OS/c1-12-5-6-21(18(22)9-12)10-17-20-16(11-23-17)19-14(3)7-13(2)8-15(19)4/h5-9,11H,10H2,1-4H3. The minimum atomic E-state index is 0.0180. The Balaban J connectivity index is 1.94. The fourth-order valence-corrected chi connectivity index (χ4v) is 3.75. The summed E-state index contributed by atoms with van der Waals surface area (Å²) in [5.41, 5.74) is 6.96. The number of aromatic nitrogens is 2. The first-order valence-corrected chi connectivity index (χ1v) is 8.52. The summed E-state index contributed by atoms with van der Waals surface area (Å²) < 4.78 is 1.70. The highest BCUT2D eigenvalue weighted by Gasteiger charge is 2.11. The summed E-state index contributed by atoms with van der Waals surface area (Å²) in [5.74, 6) is 0. The van der Waals surface area contributed by atoms with Crippen LogP contribution < -0.4 is 5.56 Å².